The van der Waals surface area contributed by atoms with Crippen LogP contribution in [0.2, 0.25) is 0 Å². The van der Waals surface area contributed by atoms with Crippen LogP contribution in [0.15, 0.2) is 0 Å². The van der Waals surface area contributed by atoms with Crippen LogP contribution in [0.25, 0.3) is 0 Å². The molecule has 2 nitrogen and oxygen atoms in total. The van der Waals surface area contributed by atoms with Gasteiger partial charge in [0.25, 0.3) is 0 Å². The Morgan fingerprint density at radius 1 is 1.46 bits per heavy atom. The van der Waals surface area contributed by atoms with Gasteiger partial charge < -0.3 is 5.11 Å². The number of hydrogen-bond donors (Lipinski definition) is 1. The molecule has 0 bridgehead atoms. The van der Waals surface area contributed by atoms with Gasteiger partial charge in [-0.3, -0.25) is 4.90 Å². The number of rotatable bonds is 3. The number of aliphatic hydroxyl groups is 1. The lowest BCUT2D eigenvalue weighted by Gasteiger charge is -2.32. The van der Waals surface area contributed by atoms with Gasteiger partial charge in [0.1, 0.15) is 6.23 Å². The molecular formula is C11H21NO. The molecule has 1 aliphatic heterocycles. The van der Waals surface area contributed by atoms with E-state index in [1.54, 1.807) is 0 Å². The molecule has 13 heavy (non-hydrogen) atoms. The Balaban J connectivity index is 1.78. The number of aliphatic hydroxyl groups excluding tert-OH is 1. The van der Waals surface area contributed by atoms with E-state index < -0.39 is 0 Å². The van der Waals surface area contributed by atoms with Crippen molar-refractivity contribution >= 4 is 0 Å². The molecule has 1 saturated heterocycles. The van der Waals surface area contributed by atoms with Crippen LogP contribution < -0.4 is 0 Å². The molecule has 2 rings (SSSR count). The highest BCUT2D eigenvalue weighted by molar-refractivity contribution is 4.95. The molecule has 0 radical (unpaired) electrons. The third-order valence-corrected chi connectivity index (χ3v) is 3.52. The molecule has 76 valence electrons. The van der Waals surface area contributed by atoms with E-state index in [0.717, 1.165) is 24.9 Å². The van der Waals surface area contributed by atoms with Gasteiger partial charge in [0.15, 0.2) is 0 Å². The maximum Gasteiger partial charge on any atom is 0.110 e. The molecule has 0 aromatic heterocycles. The summed E-state index contributed by atoms with van der Waals surface area (Å²) in [5.74, 6) is 2.25. The Labute approximate surface area is 80.9 Å². The van der Waals surface area contributed by atoms with Crippen LogP contribution in [0, 0.1) is 17.8 Å². The van der Waals surface area contributed by atoms with E-state index in [0.29, 0.717) is 5.92 Å². The number of nitrogens with zero attached hydrogens (tertiary/aromatic N) is 1. The maximum absolute atomic E-state index is 9.92. The maximum atomic E-state index is 9.92. The third-order valence-electron chi connectivity index (χ3n) is 3.52. The minimum Gasteiger partial charge on any atom is -0.378 e. The number of fused-ring (bicyclic) bond motifs is 1. The van der Waals surface area contributed by atoms with Crippen molar-refractivity contribution in [2.75, 3.05) is 13.1 Å². The lowest BCUT2D eigenvalue weighted by atomic mass is 10.1. The molecule has 2 heteroatoms. The average Bonchev–Trinajstić information content (AvgIpc) is 2.82. The molecule has 3 atom stereocenters. The van der Waals surface area contributed by atoms with Crippen LogP contribution in [0.3, 0.4) is 0 Å². The van der Waals surface area contributed by atoms with Crippen LogP contribution in [-0.2, 0) is 0 Å². The first-order valence-corrected chi connectivity index (χ1v) is 5.60. The Bertz CT molecular complexity index is 181. The SMILES string of the molecule is CC(C)CCN1CCC2CC2C1O. The predicted octanol–water partition coefficient (Wildman–Crippen LogP) is 1.69. The quantitative estimate of drug-likeness (QED) is 0.720. The normalized spacial score (nSPS) is 39.2. The highest BCUT2D eigenvalue weighted by Crippen LogP contribution is 2.47. The zero-order valence-electron chi connectivity index (χ0n) is 8.74. The van der Waals surface area contributed by atoms with Crippen molar-refractivity contribution in [2.45, 2.75) is 39.3 Å². The van der Waals surface area contributed by atoms with Gasteiger partial charge in [0, 0.05) is 19.0 Å². The van der Waals surface area contributed by atoms with Gasteiger partial charge in [-0.05, 0) is 31.1 Å². The number of hydrogen-bond acceptors (Lipinski definition) is 2. The van der Waals surface area contributed by atoms with Gasteiger partial charge in [-0.25, -0.2) is 0 Å². The second kappa shape index (κ2) is 3.58. The van der Waals surface area contributed by atoms with Gasteiger partial charge in [0.2, 0.25) is 0 Å². The van der Waals surface area contributed by atoms with Crippen molar-refractivity contribution in [3.05, 3.63) is 0 Å². The molecule has 1 heterocycles. The van der Waals surface area contributed by atoms with Crippen LogP contribution in [0.4, 0.5) is 0 Å². The highest BCUT2D eigenvalue weighted by Gasteiger charge is 2.47. The molecule has 1 saturated carbocycles. The Kier molecular flexibility index (Phi) is 2.61. The first-order valence-electron chi connectivity index (χ1n) is 5.60. The fraction of sp³-hybridized carbons (Fsp3) is 1.00. The monoisotopic (exact) mass is 183 g/mol. The largest absolute Gasteiger partial charge is 0.378 e. The van der Waals surface area contributed by atoms with Crippen molar-refractivity contribution < 1.29 is 5.11 Å². The summed E-state index contributed by atoms with van der Waals surface area (Å²) in [6.07, 6.45) is 3.70. The van der Waals surface area contributed by atoms with Crippen LogP contribution in [0.1, 0.15) is 33.1 Å². The number of piperidine rings is 1. The fourth-order valence-electron chi connectivity index (χ4n) is 2.37. The zero-order valence-corrected chi connectivity index (χ0v) is 8.74. The first kappa shape index (κ1) is 9.47. The summed E-state index contributed by atoms with van der Waals surface area (Å²) in [4.78, 5) is 2.27. The molecular weight excluding hydrogens is 162 g/mol. The minimum atomic E-state index is -0.113. The van der Waals surface area contributed by atoms with Crippen molar-refractivity contribution in [1.29, 1.82) is 0 Å². The van der Waals surface area contributed by atoms with E-state index in [1.807, 2.05) is 0 Å². The average molecular weight is 183 g/mol. The summed E-state index contributed by atoms with van der Waals surface area (Å²) in [6, 6.07) is 0. The van der Waals surface area contributed by atoms with E-state index in [2.05, 4.69) is 18.7 Å². The van der Waals surface area contributed by atoms with Gasteiger partial charge >= 0.3 is 0 Å². The third kappa shape index (κ3) is 2.05. The predicted molar refractivity (Wildman–Crippen MR) is 53.2 cm³/mol. The lowest BCUT2D eigenvalue weighted by Crippen LogP contribution is -2.42. The topological polar surface area (TPSA) is 23.5 Å². The zero-order chi connectivity index (χ0) is 9.42. The lowest BCUT2D eigenvalue weighted by molar-refractivity contribution is -0.0362. The molecule has 0 amide bonds. The number of likely N-dealkylation sites (tertiary alicyclic amines) is 1. The Morgan fingerprint density at radius 3 is 2.92 bits per heavy atom. The molecule has 2 aliphatic rings. The van der Waals surface area contributed by atoms with Gasteiger partial charge in [-0.2, -0.15) is 0 Å². The molecule has 1 aliphatic carbocycles. The van der Waals surface area contributed by atoms with Crippen molar-refractivity contribution in [1.82, 2.24) is 4.90 Å². The molecule has 3 unspecified atom stereocenters. The molecule has 0 spiro atoms. The molecule has 0 aromatic carbocycles. The second-order valence-electron chi connectivity index (χ2n) is 5.08. The van der Waals surface area contributed by atoms with Crippen LogP contribution in [0.5, 0.6) is 0 Å². The highest BCUT2D eigenvalue weighted by atomic mass is 16.3. The molecule has 2 fully saturated rings. The van der Waals surface area contributed by atoms with Crippen molar-refractivity contribution in [3.8, 4) is 0 Å². The summed E-state index contributed by atoms with van der Waals surface area (Å²) in [5.41, 5.74) is 0. The first-order chi connectivity index (χ1) is 6.18. The van der Waals surface area contributed by atoms with E-state index in [1.165, 1.54) is 19.3 Å². The molecule has 0 aromatic rings. The standard InChI is InChI=1S/C11H21NO/c1-8(2)3-5-12-6-4-9-7-10(9)11(12)13/h8-11,13H,3-7H2,1-2H3. The summed E-state index contributed by atoms with van der Waals surface area (Å²) in [6.45, 7) is 6.70. The summed E-state index contributed by atoms with van der Waals surface area (Å²) >= 11 is 0. The van der Waals surface area contributed by atoms with Gasteiger partial charge in [0.05, 0.1) is 0 Å². The van der Waals surface area contributed by atoms with Gasteiger partial charge in [-0.1, -0.05) is 13.8 Å². The summed E-state index contributed by atoms with van der Waals surface area (Å²) in [7, 11) is 0. The smallest absolute Gasteiger partial charge is 0.110 e. The second-order valence-corrected chi connectivity index (χ2v) is 5.08. The molecule has 1 N–H and O–H groups in total. The Hall–Kier alpha value is -0.0800. The Morgan fingerprint density at radius 2 is 2.23 bits per heavy atom. The summed E-state index contributed by atoms with van der Waals surface area (Å²) in [5, 5.41) is 9.92. The van der Waals surface area contributed by atoms with E-state index in [4.69, 9.17) is 0 Å². The van der Waals surface area contributed by atoms with Crippen molar-refractivity contribution in [3.63, 3.8) is 0 Å². The summed E-state index contributed by atoms with van der Waals surface area (Å²) < 4.78 is 0. The van der Waals surface area contributed by atoms with E-state index in [-0.39, 0.29) is 6.23 Å². The van der Waals surface area contributed by atoms with E-state index in [9.17, 15) is 5.11 Å². The van der Waals surface area contributed by atoms with Crippen molar-refractivity contribution in [2.24, 2.45) is 17.8 Å². The van der Waals surface area contributed by atoms with Gasteiger partial charge in [-0.15, -0.1) is 0 Å². The van der Waals surface area contributed by atoms with E-state index >= 15 is 0 Å². The fourth-order valence-corrected chi connectivity index (χ4v) is 2.37. The minimum absolute atomic E-state index is 0.113. The van der Waals surface area contributed by atoms with Crippen LogP contribution in [-0.4, -0.2) is 29.3 Å². The van der Waals surface area contributed by atoms with Crippen LogP contribution >= 0.6 is 0 Å².